The van der Waals surface area contributed by atoms with Crippen molar-refractivity contribution in [2.75, 3.05) is 7.05 Å². The molecule has 0 radical (unpaired) electrons. The molecule has 1 fully saturated rings. The molecule has 0 aromatic heterocycles. The SMILES string of the molecule is CN(C(=O)OC(C)(C)C)[C@@H](C(=O)O)C1CCCCC1. The molecular weight excluding hydrogens is 246 g/mol. The zero-order chi connectivity index (χ0) is 14.6. The monoisotopic (exact) mass is 271 g/mol. The molecule has 1 aliphatic rings. The van der Waals surface area contributed by atoms with Crippen LogP contribution >= 0.6 is 0 Å². The number of rotatable bonds is 3. The molecule has 1 saturated carbocycles. The van der Waals surface area contributed by atoms with Gasteiger partial charge >= 0.3 is 12.1 Å². The van der Waals surface area contributed by atoms with Gasteiger partial charge in [-0.25, -0.2) is 9.59 Å². The lowest BCUT2D eigenvalue weighted by atomic mass is 9.83. The first kappa shape index (κ1) is 15.8. The van der Waals surface area contributed by atoms with Gasteiger partial charge in [-0.1, -0.05) is 19.3 Å². The summed E-state index contributed by atoms with van der Waals surface area (Å²) in [4.78, 5) is 24.7. The maximum Gasteiger partial charge on any atom is 0.410 e. The van der Waals surface area contributed by atoms with Gasteiger partial charge in [-0.05, 0) is 39.5 Å². The van der Waals surface area contributed by atoms with Crippen LogP contribution in [0.4, 0.5) is 4.79 Å². The van der Waals surface area contributed by atoms with Gasteiger partial charge in [0.25, 0.3) is 0 Å². The number of carboxylic acid groups (broad SMARTS) is 1. The van der Waals surface area contributed by atoms with Crippen LogP contribution in [0.5, 0.6) is 0 Å². The highest BCUT2D eigenvalue weighted by Crippen LogP contribution is 2.29. The molecule has 1 rings (SSSR count). The maximum atomic E-state index is 12.0. The Bertz CT molecular complexity index is 329. The summed E-state index contributed by atoms with van der Waals surface area (Å²) in [5.74, 6) is -0.913. The molecule has 0 aromatic rings. The Morgan fingerprint density at radius 1 is 1.21 bits per heavy atom. The highest BCUT2D eigenvalue weighted by atomic mass is 16.6. The first-order chi connectivity index (χ1) is 8.72. The summed E-state index contributed by atoms with van der Waals surface area (Å²) in [5.41, 5.74) is -0.610. The lowest BCUT2D eigenvalue weighted by Gasteiger charge is -2.34. The van der Waals surface area contributed by atoms with Crippen molar-refractivity contribution in [1.82, 2.24) is 4.90 Å². The highest BCUT2D eigenvalue weighted by Gasteiger charge is 2.36. The van der Waals surface area contributed by atoms with E-state index in [9.17, 15) is 14.7 Å². The van der Waals surface area contributed by atoms with Crippen LogP contribution in [-0.4, -0.2) is 40.8 Å². The fourth-order valence-electron chi connectivity index (χ4n) is 2.58. The first-order valence-corrected chi connectivity index (χ1v) is 6.91. The molecule has 1 aliphatic carbocycles. The second-order valence-electron chi connectivity index (χ2n) is 6.27. The minimum Gasteiger partial charge on any atom is -0.480 e. The second kappa shape index (κ2) is 6.26. The number of ether oxygens (including phenoxy) is 1. The van der Waals surface area contributed by atoms with Crippen molar-refractivity contribution in [3.63, 3.8) is 0 Å². The minimum atomic E-state index is -0.944. The standard InChI is InChI=1S/C14H25NO4/c1-14(2,3)19-13(18)15(4)11(12(16)17)10-8-6-5-7-9-10/h10-11H,5-9H2,1-4H3,(H,16,17)/t11-/m1/s1. The largest absolute Gasteiger partial charge is 0.480 e. The van der Waals surface area contributed by atoms with Crippen molar-refractivity contribution in [3.05, 3.63) is 0 Å². The first-order valence-electron chi connectivity index (χ1n) is 6.91. The van der Waals surface area contributed by atoms with Crippen molar-refractivity contribution in [2.24, 2.45) is 5.92 Å². The number of hydrogen-bond donors (Lipinski definition) is 1. The molecule has 1 N–H and O–H groups in total. The molecule has 1 amide bonds. The van der Waals surface area contributed by atoms with Crippen molar-refractivity contribution in [3.8, 4) is 0 Å². The number of aliphatic carboxylic acids is 1. The zero-order valence-corrected chi connectivity index (χ0v) is 12.3. The summed E-state index contributed by atoms with van der Waals surface area (Å²) in [7, 11) is 1.52. The van der Waals surface area contributed by atoms with Gasteiger partial charge in [-0.15, -0.1) is 0 Å². The van der Waals surface area contributed by atoms with Gasteiger partial charge in [0, 0.05) is 7.05 Å². The topological polar surface area (TPSA) is 66.8 Å². The van der Waals surface area contributed by atoms with Crippen LogP contribution in [0.1, 0.15) is 52.9 Å². The van der Waals surface area contributed by atoms with Gasteiger partial charge in [-0.3, -0.25) is 4.90 Å². The quantitative estimate of drug-likeness (QED) is 0.857. The lowest BCUT2D eigenvalue weighted by molar-refractivity contribution is -0.145. The molecular formula is C14H25NO4. The molecule has 0 bridgehead atoms. The third kappa shape index (κ3) is 4.73. The Hall–Kier alpha value is -1.26. The molecule has 1 atom stereocenters. The number of likely N-dealkylation sites (N-methyl/N-ethyl adjacent to an activating group) is 1. The van der Waals surface area contributed by atoms with Crippen LogP contribution in [0.3, 0.4) is 0 Å². The number of carbonyl (C=O) groups excluding carboxylic acids is 1. The third-order valence-electron chi connectivity index (χ3n) is 3.45. The van der Waals surface area contributed by atoms with E-state index >= 15 is 0 Å². The molecule has 5 heteroatoms. The lowest BCUT2D eigenvalue weighted by Crippen LogP contribution is -2.49. The van der Waals surface area contributed by atoms with Gasteiger partial charge in [0.15, 0.2) is 0 Å². The van der Waals surface area contributed by atoms with E-state index in [1.807, 2.05) is 0 Å². The number of hydrogen-bond acceptors (Lipinski definition) is 3. The summed E-state index contributed by atoms with van der Waals surface area (Å²) in [6.07, 6.45) is 4.39. The smallest absolute Gasteiger partial charge is 0.410 e. The van der Waals surface area contributed by atoms with E-state index in [0.29, 0.717) is 0 Å². The second-order valence-corrected chi connectivity index (χ2v) is 6.27. The molecule has 110 valence electrons. The Kier molecular flexibility index (Phi) is 5.20. The molecule has 0 heterocycles. The Balaban J connectivity index is 2.74. The van der Waals surface area contributed by atoms with Gasteiger partial charge in [0.1, 0.15) is 11.6 Å². The van der Waals surface area contributed by atoms with Crippen molar-refractivity contribution < 1.29 is 19.4 Å². The van der Waals surface area contributed by atoms with Crippen molar-refractivity contribution >= 4 is 12.1 Å². The van der Waals surface area contributed by atoms with Gasteiger partial charge in [-0.2, -0.15) is 0 Å². The van der Waals surface area contributed by atoms with E-state index in [-0.39, 0.29) is 5.92 Å². The van der Waals surface area contributed by atoms with Crippen molar-refractivity contribution in [1.29, 1.82) is 0 Å². The van der Waals surface area contributed by atoms with Gasteiger partial charge in [0.05, 0.1) is 0 Å². The fraction of sp³-hybridized carbons (Fsp3) is 0.857. The van der Waals surface area contributed by atoms with Crippen LogP contribution in [0.25, 0.3) is 0 Å². The zero-order valence-electron chi connectivity index (χ0n) is 12.3. The van der Waals surface area contributed by atoms with E-state index in [4.69, 9.17) is 4.74 Å². The average molecular weight is 271 g/mol. The average Bonchev–Trinajstić information content (AvgIpc) is 2.27. The minimum absolute atomic E-state index is 0.0313. The number of carbonyl (C=O) groups is 2. The Labute approximate surface area is 114 Å². The van der Waals surface area contributed by atoms with Gasteiger partial charge in [0.2, 0.25) is 0 Å². The number of nitrogens with zero attached hydrogens (tertiary/aromatic N) is 1. The van der Waals surface area contributed by atoms with E-state index < -0.39 is 23.7 Å². The van der Waals surface area contributed by atoms with Crippen LogP contribution in [0, 0.1) is 5.92 Å². The summed E-state index contributed by atoms with van der Waals surface area (Å²) < 4.78 is 5.25. The third-order valence-corrected chi connectivity index (χ3v) is 3.45. The summed E-state index contributed by atoms with van der Waals surface area (Å²) in [6.45, 7) is 5.32. The molecule has 0 spiro atoms. The predicted molar refractivity (Wildman–Crippen MR) is 72.0 cm³/mol. The maximum absolute atomic E-state index is 12.0. The highest BCUT2D eigenvalue weighted by molar-refractivity contribution is 5.80. The van der Waals surface area contributed by atoms with E-state index in [1.165, 1.54) is 11.9 Å². The molecule has 5 nitrogen and oxygen atoms in total. The van der Waals surface area contributed by atoms with Crippen molar-refractivity contribution in [2.45, 2.75) is 64.5 Å². The van der Waals surface area contributed by atoms with E-state index in [1.54, 1.807) is 20.8 Å². The van der Waals surface area contributed by atoms with Crippen LogP contribution in [0.15, 0.2) is 0 Å². The molecule has 0 aliphatic heterocycles. The van der Waals surface area contributed by atoms with Crippen LogP contribution in [0.2, 0.25) is 0 Å². The molecule has 0 aromatic carbocycles. The summed E-state index contributed by atoms with van der Waals surface area (Å²) >= 11 is 0. The number of carboxylic acids is 1. The summed E-state index contributed by atoms with van der Waals surface area (Å²) in [5, 5.41) is 9.39. The van der Waals surface area contributed by atoms with Crippen LogP contribution < -0.4 is 0 Å². The summed E-state index contributed by atoms with van der Waals surface area (Å²) in [6, 6.07) is -0.782. The fourth-order valence-corrected chi connectivity index (χ4v) is 2.58. The number of amides is 1. The molecule has 0 saturated heterocycles. The molecule has 19 heavy (non-hydrogen) atoms. The predicted octanol–water partition coefficient (Wildman–Crippen LogP) is 2.89. The van der Waals surface area contributed by atoms with Gasteiger partial charge < -0.3 is 9.84 Å². The Morgan fingerprint density at radius 3 is 2.16 bits per heavy atom. The van der Waals surface area contributed by atoms with E-state index in [2.05, 4.69) is 0 Å². The Morgan fingerprint density at radius 2 is 1.74 bits per heavy atom. The van der Waals surface area contributed by atoms with E-state index in [0.717, 1.165) is 32.1 Å². The molecule has 0 unspecified atom stereocenters. The van der Waals surface area contributed by atoms with Crippen LogP contribution in [-0.2, 0) is 9.53 Å². The normalized spacial score (nSPS) is 18.7.